The van der Waals surface area contributed by atoms with Gasteiger partial charge in [0, 0.05) is 25.9 Å². The molecule has 4 nitrogen and oxygen atoms in total. The monoisotopic (exact) mass is 253 g/mol. The normalized spacial score (nSPS) is 12.9. The summed E-state index contributed by atoms with van der Waals surface area (Å²) in [6.45, 7) is 6.16. The Morgan fingerprint density at radius 2 is 2.22 bits per heavy atom. The second-order valence-corrected chi connectivity index (χ2v) is 4.75. The van der Waals surface area contributed by atoms with Crippen molar-refractivity contribution in [1.29, 1.82) is 0 Å². The first kappa shape index (κ1) is 15.2. The first-order valence-corrected chi connectivity index (χ1v) is 6.95. The lowest BCUT2D eigenvalue weighted by molar-refractivity contribution is 0.162. The fourth-order valence-corrected chi connectivity index (χ4v) is 2.09. The van der Waals surface area contributed by atoms with Crippen molar-refractivity contribution in [3.63, 3.8) is 0 Å². The van der Waals surface area contributed by atoms with Gasteiger partial charge in [-0.15, -0.1) is 0 Å². The van der Waals surface area contributed by atoms with Crippen LogP contribution in [-0.4, -0.2) is 36.1 Å². The SMILES string of the molecule is CCCNC(CCc1cc(CC)nn1C)COC. The third kappa shape index (κ3) is 4.78. The van der Waals surface area contributed by atoms with Crippen molar-refractivity contribution in [1.82, 2.24) is 15.1 Å². The summed E-state index contributed by atoms with van der Waals surface area (Å²) in [4.78, 5) is 0. The minimum atomic E-state index is 0.440. The predicted octanol–water partition coefficient (Wildman–Crippen LogP) is 1.93. The van der Waals surface area contributed by atoms with E-state index in [1.807, 2.05) is 11.7 Å². The van der Waals surface area contributed by atoms with Crippen molar-refractivity contribution < 1.29 is 4.74 Å². The first-order valence-electron chi connectivity index (χ1n) is 6.95. The summed E-state index contributed by atoms with van der Waals surface area (Å²) in [6.07, 6.45) is 4.31. The molecule has 1 atom stereocenters. The van der Waals surface area contributed by atoms with E-state index in [0.29, 0.717) is 6.04 Å². The number of hydrogen-bond acceptors (Lipinski definition) is 3. The number of aryl methyl sites for hydroxylation is 3. The zero-order chi connectivity index (χ0) is 13.4. The van der Waals surface area contributed by atoms with Gasteiger partial charge in [-0.3, -0.25) is 4.68 Å². The third-order valence-corrected chi connectivity index (χ3v) is 3.19. The molecule has 0 saturated carbocycles. The van der Waals surface area contributed by atoms with E-state index in [4.69, 9.17) is 4.74 Å². The molecule has 0 fully saturated rings. The molecule has 1 rings (SSSR count). The molecule has 1 heterocycles. The van der Waals surface area contributed by atoms with Gasteiger partial charge in [-0.05, 0) is 38.3 Å². The van der Waals surface area contributed by atoms with Gasteiger partial charge in [-0.25, -0.2) is 0 Å². The maximum absolute atomic E-state index is 5.26. The minimum absolute atomic E-state index is 0.440. The summed E-state index contributed by atoms with van der Waals surface area (Å²) in [5.74, 6) is 0. The van der Waals surface area contributed by atoms with Gasteiger partial charge in [-0.2, -0.15) is 5.10 Å². The summed E-state index contributed by atoms with van der Waals surface area (Å²) in [6, 6.07) is 2.65. The Hall–Kier alpha value is -0.870. The van der Waals surface area contributed by atoms with Crippen LogP contribution in [0.15, 0.2) is 6.07 Å². The number of nitrogens with one attached hydrogen (secondary N) is 1. The lowest BCUT2D eigenvalue weighted by Crippen LogP contribution is -2.34. The molecule has 0 saturated heterocycles. The van der Waals surface area contributed by atoms with E-state index in [2.05, 4.69) is 30.3 Å². The van der Waals surface area contributed by atoms with Crippen molar-refractivity contribution >= 4 is 0 Å². The van der Waals surface area contributed by atoms with E-state index in [0.717, 1.165) is 38.8 Å². The van der Waals surface area contributed by atoms with Crippen LogP contribution in [0.1, 0.15) is 38.1 Å². The van der Waals surface area contributed by atoms with Crippen molar-refractivity contribution in [3.8, 4) is 0 Å². The number of aromatic nitrogens is 2. The molecule has 0 spiro atoms. The van der Waals surface area contributed by atoms with Crippen LogP contribution in [0.2, 0.25) is 0 Å². The third-order valence-electron chi connectivity index (χ3n) is 3.19. The van der Waals surface area contributed by atoms with Crippen molar-refractivity contribution in [2.75, 3.05) is 20.3 Å². The van der Waals surface area contributed by atoms with Crippen LogP contribution in [0, 0.1) is 0 Å². The summed E-state index contributed by atoms with van der Waals surface area (Å²) in [7, 11) is 3.79. The molecule has 0 radical (unpaired) electrons. The molecule has 1 aromatic heterocycles. The Morgan fingerprint density at radius 1 is 1.44 bits per heavy atom. The zero-order valence-electron chi connectivity index (χ0n) is 12.2. The number of ether oxygens (including phenoxy) is 1. The summed E-state index contributed by atoms with van der Waals surface area (Å²) >= 11 is 0. The van der Waals surface area contributed by atoms with E-state index in [1.54, 1.807) is 7.11 Å². The minimum Gasteiger partial charge on any atom is -0.383 e. The van der Waals surface area contributed by atoms with Gasteiger partial charge >= 0.3 is 0 Å². The van der Waals surface area contributed by atoms with Gasteiger partial charge in [0.05, 0.1) is 12.3 Å². The van der Waals surface area contributed by atoms with Crippen LogP contribution in [0.3, 0.4) is 0 Å². The lowest BCUT2D eigenvalue weighted by atomic mass is 10.1. The van der Waals surface area contributed by atoms with Gasteiger partial charge in [-0.1, -0.05) is 13.8 Å². The van der Waals surface area contributed by atoms with Gasteiger partial charge < -0.3 is 10.1 Å². The Labute approximate surface area is 111 Å². The van der Waals surface area contributed by atoms with E-state index in [-0.39, 0.29) is 0 Å². The van der Waals surface area contributed by atoms with Gasteiger partial charge in [0.1, 0.15) is 0 Å². The smallest absolute Gasteiger partial charge is 0.0624 e. The molecule has 104 valence electrons. The fourth-order valence-electron chi connectivity index (χ4n) is 2.09. The zero-order valence-corrected chi connectivity index (χ0v) is 12.2. The van der Waals surface area contributed by atoms with Crippen LogP contribution in [-0.2, 0) is 24.6 Å². The molecule has 1 N–H and O–H groups in total. The van der Waals surface area contributed by atoms with Gasteiger partial charge in [0.25, 0.3) is 0 Å². The van der Waals surface area contributed by atoms with E-state index in [9.17, 15) is 0 Å². The molecule has 0 amide bonds. The summed E-state index contributed by atoms with van der Waals surface area (Å²) in [5.41, 5.74) is 2.49. The molecular formula is C14H27N3O. The summed E-state index contributed by atoms with van der Waals surface area (Å²) in [5, 5.41) is 8.01. The van der Waals surface area contributed by atoms with E-state index >= 15 is 0 Å². The van der Waals surface area contributed by atoms with Crippen LogP contribution in [0.25, 0.3) is 0 Å². The second-order valence-electron chi connectivity index (χ2n) is 4.75. The van der Waals surface area contributed by atoms with Crippen LogP contribution in [0.4, 0.5) is 0 Å². The highest BCUT2D eigenvalue weighted by Crippen LogP contribution is 2.08. The van der Waals surface area contributed by atoms with Crippen LogP contribution < -0.4 is 5.32 Å². The quantitative estimate of drug-likeness (QED) is 0.731. The highest BCUT2D eigenvalue weighted by Gasteiger charge is 2.10. The molecule has 0 aliphatic rings. The molecule has 4 heteroatoms. The van der Waals surface area contributed by atoms with E-state index < -0.39 is 0 Å². The van der Waals surface area contributed by atoms with Crippen molar-refractivity contribution in [3.05, 3.63) is 17.5 Å². The molecule has 1 unspecified atom stereocenters. The highest BCUT2D eigenvalue weighted by atomic mass is 16.5. The number of hydrogen-bond donors (Lipinski definition) is 1. The molecule has 1 aromatic rings. The van der Waals surface area contributed by atoms with E-state index in [1.165, 1.54) is 11.4 Å². The maximum atomic E-state index is 5.26. The fraction of sp³-hybridized carbons (Fsp3) is 0.786. The Bertz CT molecular complexity index is 336. The predicted molar refractivity (Wildman–Crippen MR) is 74.9 cm³/mol. The standard InChI is InChI=1S/C14H27N3O/c1-5-9-15-13(11-18-4)7-8-14-10-12(6-2)16-17(14)3/h10,13,15H,5-9,11H2,1-4H3. The Morgan fingerprint density at radius 3 is 2.78 bits per heavy atom. The molecular weight excluding hydrogens is 226 g/mol. The maximum Gasteiger partial charge on any atom is 0.0624 e. The van der Waals surface area contributed by atoms with Gasteiger partial charge in [0.2, 0.25) is 0 Å². The van der Waals surface area contributed by atoms with Crippen molar-refractivity contribution in [2.45, 2.75) is 45.6 Å². The number of rotatable bonds is 9. The highest BCUT2D eigenvalue weighted by molar-refractivity contribution is 5.10. The average Bonchev–Trinajstić information content (AvgIpc) is 2.73. The average molecular weight is 253 g/mol. The molecule has 0 aromatic carbocycles. The van der Waals surface area contributed by atoms with Crippen LogP contribution >= 0.6 is 0 Å². The second kappa shape index (κ2) is 8.27. The summed E-state index contributed by atoms with van der Waals surface area (Å²) < 4.78 is 7.26. The van der Waals surface area contributed by atoms with Crippen molar-refractivity contribution in [2.24, 2.45) is 7.05 Å². The molecule has 18 heavy (non-hydrogen) atoms. The molecule has 0 aliphatic carbocycles. The largest absolute Gasteiger partial charge is 0.383 e. The Balaban J connectivity index is 2.46. The molecule has 0 bridgehead atoms. The van der Waals surface area contributed by atoms with Crippen LogP contribution in [0.5, 0.6) is 0 Å². The topological polar surface area (TPSA) is 39.1 Å². The van der Waals surface area contributed by atoms with Gasteiger partial charge in [0.15, 0.2) is 0 Å². The number of methoxy groups -OCH3 is 1. The lowest BCUT2D eigenvalue weighted by Gasteiger charge is -2.17. The number of nitrogens with zero attached hydrogens (tertiary/aromatic N) is 2. The first-order chi connectivity index (χ1) is 8.71. The Kier molecular flexibility index (Phi) is 6.98. The molecule has 0 aliphatic heterocycles.